The van der Waals surface area contributed by atoms with Gasteiger partial charge in [0.1, 0.15) is 0 Å². The van der Waals surface area contributed by atoms with Crippen LogP contribution in [0.5, 0.6) is 0 Å². The van der Waals surface area contributed by atoms with Gasteiger partial charge >= 0.3 is 6.03 Å². The lowest BCUT2D eigenvalue weighted by atomic mass is 9.84. The van der Waals surface area contributed by atoms with Crippen molar-refractivity contribution in [3.05, 3.63) is 69.7 Å². The fraction of sp³-hybridized carbons (Fsp3) is 0.500. The summed E-state index contributed by atoms with van der Waals surface area (Å²) in [6.07, 6.45) is 8.61. The van der Waals surface area contributed by atoms with Gasteiger partial charge in [0.05, 0.1) is 0 Å². The van der Waals surface area contributed by atoms with Crippen LogP contribution < -0.4 is 10.6 Å². The van der Waals surface area contributed by atoms with Crippen molar-refractivity contribution in [2.24, 2.45) is 5.92 Å². The highest BCUT2D eigenvalue weighted by Gasteiger charge is 2.43. The molecule has 2 fully saturated rings. The zero-order valence-electron chi connectivity index (χ0n) is 18.0. The SMILES string of the molecule is O=C(NCc1ccc(Br)cc1)NC1CCC(CCN2C3CCC2c2ccccc23)CC1. The topological polar surface area (TPSA) is 44.4 Å². The molecule has 2 aromatic rings. The molecule has 4 nitrogen and oxygen atoms in total. The second kappa shape index (κ2) is 9.33. The smallest absolute Gasteiger partial charge is 0.315 e. The number of fused-ring (bicyclic) bond motifs is 5. The third-order valence-corrected chi connectivity index (χ3v) is 8.10. The molecular formula is C26H32BrN3O. The van der Waals surface area contributed by atoms with Gasteiger partial charge in [-0.05, 0) is 86.2 Å². The van der Waals surface area contributed by atoms with Crippen LogP contribution in [0.1, 0.15) is 73.7 Å². The summed E-state index contributed by atoms with van der Waals surface area (Å²) >= 11 is 3.44. The van der Waals surface area contributed by atoms with Crippen molar-refractivity contribution in [3.63, 3.8) is 0 Å². The molecule has 2 amide bonds. The Morgan fingerprint density at radius 2 is 1.55 bits per heavy atom. The lowest BCUT2D eigenvalue weighted by molar-refractivity contribution is 0.185. The average Bonchev–Trinajstić information content (AvgIpc) is 3.34. The number of carbonyl (C=O) groups excluding carboxylic acids is 1. The second-order valence-electron chi connectivity index (χ2n) is 9.44. The molecule has 2 N–H and O–H groups in total. The number of amides is 2. The number of benzene rings is 2. The van der Waals surface area contributed by atoms with Crippen LogP contribution in [0.15, 0.2) is 53.0 Å². The fourth-order valence-electron chi connectivity index (χ4n) is 5.91. The van der Waals surface area contributed by atoms with E-state index >= 15 is 0 Å². The molecule has 1 saturated carbocycles. The van der Waals surface area contributed by atoms with E-state index in [1.54, 1.807) is 11.1 Å². The van der Waals surface area contributed by atoms with Crippen molar-refractivity contribution >= 4 is 22.0 Å². The van der Waals surface area contributed by atoms with Crippen LogP contribution in [0.25, 0.3) is 0 Å². The summed E-state index contributed by atoms with van der Waals surface area (Å²) < 4.78 is 1.05. The monoisotopic (exact) mass is 481 g/mol. The highest BCUT2D eigenvalue weighted by atomic mass is 79.9. The number of carbonyl (C=O) groups is 1. The Labute approximate surface area is 193 Å². The van der Waals surface area contributed by atoms with Gasteiger partial charge in [-0.15, -0.1) is 0 Å². The lowest BCUT2D eigenvalue weighted by Crippen LogP contribution is -2.43. The van der Waals surface area contributed by atoms with E-state index in [0.29, 0.717) is 24.7 Å². The van der Waals surface area contributed by atoms with Gasteiger partial charge in [0.2, 0.25) is 0 Å². The van der Waals surface area contributed by atoms with Crippen LogP contribution in [0, 0.1) is 5.92 Å². The first-order valence-electron chi connectivity index (χ1n) is 11.8. The largest absolute Gasteiger partial charge is 0.335 e. The van der Waals surface area contributed by atoms with Crippen molar-refractivity contribution in [2.45, 2.75) is 69.6 Å². The van der Waals surface area contributed by atoms with E-state index in [4.69, 9.17) is 0 Å². The first kappa shape index (κ1) is 21.0. The van der Waals surface area contributed by atoms with Crippen LogP contribution in [0.4, 0.5) is 4.79 Å². The first-order chi connectivity index (χ1) is 15.2. The molecule has 5 heteroatoms. The normalized spacial score (nSPS) is 27.1. The van der Waals surface area contributed by atoms with E-state index in [9.17, 15) is 4.79 Å². The van der Waals surface area contributed by atoms with Gasteiger partial charge in [-0.3, -0.25) is 4.90 Å². The second-order valence-corrected chi connectivity index (χ2v) is 10.4. The molecule has 0 spiro atoms. The van der Waals surface area contributed by atoms with Crippen LogP contribution in [0.2, 0.25) is 0 Å². The average molecular weight is 482 g/mol. The molecule has 1 saturated heterocycles. The molecule has 0 radical (unpaired) electrons. The number of hydrogen-bond donors (Lipinski definition) is 2. The van der Waals surface area contributed by atoms with Crippen molar-refractivity contribution in [1.29, 1.82) is 0 Å². The minimum atomic E-state index is -0.0437. The maximum Gasteiger partial charge on any atom is 0.315 e. The van der Waals surface area contributed by atoms with E-state index in [1.165, 1.54) is 38.6 Å². The van der Waals surface area contributed by atoms with Gasteiger partial charge in [0, 0.05) is 29.1 Å². The van der Waals surface area contributed by atoms with Gasteiger partial charge in [0.15, 0.2) is 0 Å². The van der Waals surface area contributed by atoms with Gasteiger partial charge in [-0.2, -0.15) is 0 Å². The van der Waals surface area contributed by atoms with Gasteiger partial charge in [-0.1, -0.05) is 52.3 Å². The molecule has 2 aliphatic heterocycles. The molecular weight excluding hydrogens is 450 g/mol. The molecule has 1 aliphatic carbocycles. The zero-order chi connectivity index (χ0) is 21.2. The van der Waals surface area contributed by atoms with Crippen molar-refractivity contribution in [3.8, 4) is 0 Å². The molecule has 31 heavy (non-hydrogen) atoms. The standard InChI is InChI=1S/C26H32BrN3O/c27-20-9-5-19(6-10-20)17-28-26(31)29-21-11-7-18(8-12-21)15-16-30-24-13-14-25(30)23-4-2-1-3-22(23)24/h1-6,9-10,18,21,24-25H,7-8,11-17H2,(H2,28,29,31). The Balaban J connectivity index is 1.03. The van der Waals surface area contributed by atoms with E-state index < -0.39 is 0 Å². The number of urea groups is 1. The summed E-state index contributed by atoms with van der Waals surface area (Å²) in [5.74, 6) is 0.798. The Hall–Kier alpha value is -1.85. The van der Waals surface area contributed by atoms with Crippen molar-refractivity contribution in [2.75, 3.05) is 6.54 Å². The number of hydrogen-bond acceptors (Lipinski definition) is 2. The minimum absolute atomic E-state index is 0.0437. The van der Waals surface area contributed by atoms with Gasteiger partial charge in [-0.25, -0.2) is 4.79 Å². The maximum absolute atomic E-state index is 12.3. The molecule has 2 heterocycles. The fourth-order valence-corrected chi connectivity index (χ4v) is 6.17. The van der Waals surface area contributed by atoms with Crippen LogP contribution >= 0.6 is 15.9 Å². The van der Waals surface area contributed by atoms with Crippen LogP contribution in [-0.4, -0.2) is 23.5 Å². The Kier molecular flexibility index (Phi) is 6.33. The third-order valence-electron chi connectivity index (χ3n) is 7.57. The van der Waals surface area contributed by atoms with Gasteiger partial charge in [0.25, 0.3) is 0 Å². The Morgan fingerprint density at radius 1 is 0.903 bits per heavy atom. The zero-order valence-corrected chi connectivity index (χ0v) is 19.6. The summed E-state index contributed by atoms with van der Waals surface area (Å²) in [4.78, 5) is 15.1. The number of halogens is 1. The van der Waals surface area contributed by atoms with E-state index in [-0.39, 0.29) is 6.03 Å². The van der Waals surface area contributed by atoms with Crippen molar-refractivity contribution in [1.82, 2.24) is 15.5 Å². The van der Waals surface area contributed by atoms with E-state index in [2.05, 4.69) is 55.7 Å². The molecule has 2 unspecified atom stereocenters. The first-order valence-corrected chi connectivity index (χ1v) is 12.6. The summed E-state index contributed by atoms with van der Waals surface area (Å²) in [5, 5.41) is 6.18. The molecule has 0 aromatic heterocycles. The van der Waals surface area contributed by atoms with Gasteiger partial charge < -0.3 is 10.6 Å². The number of nitrogens with one attached hydrogen (secondary N) is 2. The predicted molar refractivity (Wildman–Crippen MR) is 128 cm³/mol. The highest BCUT2D eigenvalue weighted by molar-refractivity contribution is 9.10. The molecule has 2 aromatic carbocycles. The Bertz CT molecular complexity index is 876. The minimum Gasteiger partial charge on any atom is -0.335 e. The Morgan fingerprint density at radius 3 is 2.19 bits per heavy atom. The molecule has 2 atom stereocenters. The number of rotatable bonds is 6. The highest BCUT2D eigenvalue weighted by Crippen LogP contribution is 2.53. The summed E-state index contributed by atoms with van der Waals surface area (Å²) in [7, 11) is 0. The molecule has 3 aliphatic rings. The summed E-state index contributed by atoms with van der Waals surface area (Å²) in [6.45, 7) is 1.79. The quantitative estimate of drug-likeness (QED) is 0.524. The molecule has 164 valence electrons. The van der Waals surface area contributed by atoms with E-state index in [1.807, 2.05) is 24.3 Å². The maximum atomic E-state index is 12.3. The lowest BCUT2D eigenvalue weighted by Gasteiger charge is -2.31. The third kappa shape index (κ3) is 4.68. The summed E-state index contributed by atoms with van der Waals surface area (Å²) in [5.41, 5.74) is 4.28. The number of nitrogens with zero attached hydrogens (tertiary/aromatic N) is 1. The van der Waals surface area contributed by atoms with Crippen LogP contribution in [-0.2, 0) is 6.54 Å². The van der Waals surface area contributed by atoms with Crippen LogP contribution in [0.3, 0.4) is 0 Å². The van der Waals surface area contributed by atoms with E-state index in [0.717, 1.165) is 28.8 Å². The molecule has 2 bridgehead atoms. The summed E-state index contributed by atoms with van der Waals surface area (Å²) in [6, 6.07) is 18.7. The van der Waals surface area contributed by atoms with Crippen molar-refractivity contribution < 1.29 is 4.79 Å². The predicted octanol–water partition coefficient (Wildman–Crippen LogP) is 6.09. The molecule has 5 rings (SSSR count).